The highest BCUT2D eigenvalue weighted by Gasteiger charge is 2.13. The average molecular weight is 354 g/mol. The average Bonchev–Trinajstić information content (AvgIpc) is 2.66. The molecular formula is C22H30N2O2. The molecule has 0 N–H and O–H groups in total. The first-order valence-electron chi connectivity index (χ1n) is 9.76. The molecule has 4 nitrogen and oxygen atoms in total. The van der Waals surface area contributed by atoms with E-state index in [0.29, 0.717) is 11.4 Å². The summed E-state index contributed by atoms with van der Waals surface area (Å²) in [6.45, 7) is 6.30. The zero-order valence-corrected chi connectivity index (χ0v) is 16.2. The van der Waals surface area contributed by atoms with Gasteiger partial charge in [-0.3, -0.25) is 0 Å². The molecule has 0 aliphatic rings. The summed E-state index contributed by atoms with van der Waals surface area (Å²) in [6, 6.07) is 8.25. The molecule has 1 aromatic carbocycles. The predicted octanol–water partition coefficient (Wildman–Crippen LogP) is 5.61. The Morgan fingerprint density at radius 1 is 1.00 bits per heavy atom. The number of esters is 1. The highest BCUT2D eigenvalue weighted by atomic mass is 16.5. The lowest BCUT2D eigenvalue weighted by atomic mass is 10.1. The number of hydrogen-bond acceptors (Lipinski definition) is 4. The van der Waals surface area contributed by atoms with E-state index in [1.807, 2.05) is 19.1 Å². The van der Waals surface area contributed by atoms with Gasteiger partial charge in [0.05, 0.1) is 11.7 Å². The maximum atomic E-state index is 12.2. The molecule has 0 amide bonds. The predicted molar refractivity (Wildman–Crippen MR) is 105 cm³/mol. The maximum absolute atomic E-state index is 12.2. The molecule has 0 spiro atoms. The van der Waals surface area contributed by atoms with E-state index in [0.717, 1.165) is 31.2 Å². The number of aromatic nitrogens is 2. The Morgan fingerprint density at radius 3 is 2.31 bits per heavy atom. The summed E-state index contributed by atoms with van der Waals surface area (Å²) in [5.74, 6) is 0.273. The second-order valence-electron chi connectivity index (χ2n) is 6.81. The van der Waals surface area contributed by atoms with Gasteiger partial charge in [0, 0.05) is 18.0 Å². The van der Waals surface area contributed by atoms with Crippen molar-refractivity contribution in [2.45, 2.75) is 71.8 Å². The van der Waals surface area contributed by atoms with Crippen LogP contribution in [0.1, 0.15) is 75.2 Å². The second-order valence-corrected chi connectivity index (χ2v) is 6.81. The normalized spacial score (nSPS) is 12.0. The minimum Gasteiger partial charge on any atom is -0.459 e. The summed E-state index contributed by atoms with van der Waals surface area (Å²) >= 11 is 0. The third-order valence-electron chi connectivity index (χ3n) is 4.41. The van der Waals surface area contributed by atoms with Crippen LogP contribution in [0.15, 0.2) is 36.7 Å². The fraction of sp³-hybridized carbons (Fsp3) is 0.500. The van der Waals surface area contributed by atoms with E-state index in [4.69, 9.17) is 4.74 Å². The van der Waals surface area contributed by atoms with Gasteiger partial charge in [-0.15, -0.1) is 0 Å². The SMILES string of the molecule is CCCCCCC(C)OC(=O)c1cnc(-c2ccc(CCC)cc2)nc1. The second kappa shape index (κ2) is 10.7. The summed E-state index contributed by atoms with van der Waals surface area (Å²) in [5.41, 5.74) is 2.66. The Labute approximate surface area is 157 Å². The summed E-state index contributed by atoms with van der Waals surface area (Å²) in [4.78, 5) is 20.9. The molecule has 0 saturated heterocycles. The molecule has 0 bridgehead atoms. The van der Waals surface area contributed by atoms with E-state index < -0.39 is 0 Å². The third kappa shape index (κ3) is 6.25. The molecule has 1 heterocycles. The molecule has 0 fully saturated rings. The van der Waals surface area contributed by atoms with Crippen molar-refractivity contribution in [2.24, 2.45) is 0 Å². The van der Waals surface area contributed by atoms with Gasteiger partial charge in [0.2, 0.25) is 0 Å². The molecule has 1 unspecified atom stereocenters. The minimum absolute atomic E-state index is 0.0786. The Bertz CT molecular complexity index is 666. The van der Waals surface area contributed by atoms with Crippen molar-refractivity contribution in [3.05, 3.63) is 47.8 Å². The maximum Gasteiger partial charge on any atom is 0.341 e. The van der Waals surface area contributed by atoms with Gasteiger partial charge >= 0.3 is 5.97 Å². The van der Waals surface area contributed by atoms with Gasteiger partial charge in [-0.25, -0.2) is 14.8 Å². The number of ether oxygens (including phenoxy) is 1. The lowest BCUT2D eigenvalue weighted by Crippen LogP contribution is -2.15. The van der Waals surface area contributed by atoms with E-state index in [1.165, 1.54) is 24.8 Å². The summed E-state index contributed by atoms with van der Waals surface area (Å²) in [5, 5.41) is 0. The van der Waals surface area contributed by atoms with E-state index in [9.17, 15) is 4.79 Å². The molecule has 1 atom stereocenters. The Balaban J connectivity index is 1.90. The van der Waals surface area contributed by atoms with E-state index in [2.05, 4.69) is 35.9 Å². The number of hydrogen-bond donors (Lipinski definition) is 0. The van der Waals surface area contributed by atoms with Crippen LogP contribution in [-0.4, -0.2) is 22.0 Å². The molecule has 1 aromatic heterocycles. The van der Waals surface area contributed by atoms with Gasteiger partial charge in [-0.2, -0.15) is 0 Å². The fourth-order valence-corrected chi connectivity index (χ4v) is 2.86. The zero-order valence-electron chi connectivity index (χ0n) is 16.2. The van der Waals surface area contributed by atoms with Gasteiger partial charge in [0.25, 0.3) is 0 Å². The molecule has 4 heteroatoms. The van der Waals surface area contributed by atoms with E-state index in [-0.39, 0.29) is 12.1 Å². The van der Waals surface area contributed by atoms with Crippen LogP contribution in [0, 0.1) is 0 Å². The van der Waals surface area contributed by atoms with Crippen molar-refractivity contribution in [3.63, 3.8) is 0 Å². The zero-order chi connectivity index (χ0) is 18.8. The van der Waals surface area contributed by atoms with Crippen LogP contribution in [0.25, 0.3) is 11.4 Å². The van der Waals surface area contributed by atoms with Gasteiger partial charge < -0.3 is 4.74 Å². The number of rotatable bonds is 10. The van der Waals surface area contributed by atoms with Crippen LogP contribution in [0.4, 0.5) is 0 Å². The van der Waals surface area contributed by atoms with Gasteiger partial charge in [-0.05, 0) is 31.7 Å². The first-order chi connectivity index (χ1) is 12.6. The smallest absolute Gasteiger partial charge is 0.341 e. The Morgan fingerprint density at radius 2 is 1.69 bits per heavy atom. The molecule has 0 aliphatic heterocycles. The van der Waals surface area contributed by atoms with Crippen molar-refractivity contribution >= 4 is 5.97 Å². The van der Waals surface area contributed by atoms with Gasteiger partial charge in [0.1, 0.15) is 0 Å². The number of aryl methyl sites for hydroxylation is 1. The first kappa shape index (κ1) is 20.1. The fourth-order valence-electron chi connectivity index (χ4n) is 2.86. The lowest BCUT2D eigenvalue weighted by molar-refractivity contribution is 0.0318. The minimum atomic E-state index is -0.349. The molecule has 0 saturated carbocycles. The van der Waals surface area contributed by atoms with Crippen LogP contribution in [0.2, 0.25) is 0 Å². The third-order valence-corrected chi connectivity index (χ3v) is 4.41. The molecule has 140 valence electrons. The quantitative estimate of drug-likeness (QED) is 0.411. The van der Waals surface area contributed by atoms with Crippen molar-refractivity contribution in [1.29, 1.82) is 0 Å². The largest absolute Gasteiger partial charge is 0.459 e. The van der Waals surface area contributed by atoms with Gasteiger partial charge in [0.15, 0.2) is 5.82 Å². The molecule has 2 rings (SSSR count). The number of nitrogens with zero attached hydrogens (tertiary/aromatic N) is 2. The summed E-state index contributed by atoms with van der Waals surface area (Å²) < 4.78 is 5.49. The summed E-state index contributed by atoms with van der Waals surface area (Å²) in [6.07, 6.45) is 10.8. The van der Waals surface area contributed by atoms with Crippen molar-refractivity contribution < 1.29 is 9.53 Å². The van der Waals surface area contributed by atoms with Crippen molar-refractivity contribution in [1.82, 2.24) is 9.97 Å². The lowest BCUT2D eigenvalue weighted by Gasteiger charge is -2.13. The standard InChI is InChI=1S/C22H30N2O2/c1-4-6-7-8-10-17(3)26-22(25)20-15-23-21(24-16-20)19-13-11-18(9-5-2)12-14-19/h11-17H,4-10H2,1-3H3. The van der Waals surface area contributed by atoms with Crippen LogP contribution >= 0.6 is 0 Å². The number of benzene rings is 1. The number of unbranched alkanes of at least 4 members (excludes halogenated alkanes) is 3. The number of carbonyl (C=O) groups is 1. The van der Waals surface area contributed by atoms with Crippen LogP contribution < -0.4 is 0 Å². The van der Waals surface area contributed by atoms with Crippen molar-refractivity contribution in [3.8, 4) is 11.4 Å². The highest BCUT2D eigenvalue weighted by molar-refractivity contribution is 5.88. The number of carbonyl (C=O) groups excluding carboxylic acids is 1. The highest BCUT2D eigenvalue weighted by Crippen LogP contribution is 2.17. The van der Waals surface area contributed by atoms with Crippen molar-refractivity contribution in [2.75, 3.05) is 0 Å². The topological polar surface area (TPSA) is 52.1 Å². The van der Waals surface area contributed by atoms with E-state index >= 15 is 0 Å². The molecule has 0 radical (unpaired) electrons. The molecule has 26 heavy (non-hydrogen) atoms. The first-order valence-corrected chi connectivity index (χ1v) is 9.76. The monoisotopic (exact) mass is 354 g/mol. The molecule has 2 aromatic rings. The van der Waals surface area contributed by atoms with Gasteiger partial charge in [-0.1, -0.05) is 63.8 Å². The molecular weight excluding hydrogens is 324 g/mol. The summed E-state index contributed by atoms with van der Waals surface area (Å²) in [7, 11) is 0. The van der Waals surface area contributed by atoms with Crippen LogP contribution in [0.3, 0.4) is 0 Å². The molecule has 0 aliphatic carbocycles. The van der Waals surface area contributed by atoms with Crippen LogP contribution in [0.5, 0.6) is 0 Å². The Hall–Kier alpha value is -2.23. The van der Waals surface area contributed by atoms with Crippen LogP contribution in [-0.2, 0) is 11.2 Å². The van der Waals surface area contributed by atoms with E-state index in [1.54, 1.807) is 12.4 Å². The Kier molecular flexibility index (Phi) is 8.26.